The highest BCUT2D eigenvalue weighted by Gasteiger charge is 2.28. The summed E-state index contributed by atoms with van der Waals surface area (Å²) in [4.78, 5) is 2.10. The van der Waals surface area contributed by atoms with Gasteiger partial charge in [0, 0.05) is 30.7 Å². The summed E-state index contributed by atoms with van der Waals surface area (Å²) in [5.74, 6) is 0.596. The zero-order valence-electron chi connectivity index (χ0n) is 13.2. The van der Waals surface area contributed by atoms with E-state index >= 15 is 0 Å². The van der Waals surface area contributed by atoms with Crippen LogP contribution in [0.2, 0.25) is 10.0 Å². The molecule has 0 saturated carbocycles. The van der Waals surface area contributed by atoms with Gasteiger partial charge in [-0.3, -0.25) is 4.90 Å². The molecule has 0 bridgehead atoms. The van der Waals surface area contributed by atoms with E-state index in [9.17, 15) is 13.5 Å². The average Bonchev–Trinajstić information content (AvgIpc) is 2.77. The second-order valence-corrected chi connectivity index (χ2v) is 8.80. The van der Waals surface area contributed by atoms with Crippen LogP contribution < -0.4 is 4.72 Å². The van der Waals surface area contributed by atoms with Crippen molar-refractivity contribution in [3.8, 4) is 0 Å². The molecule has 0 aromatic heterocycles. The van der Waals surface area contributed by atoms with Gasteiger partial charge in [-0.1, -0.05) is 30.1 Å². The van der Waals surface area contributed by atoms with Crippen LogP contribution in [0.1, 0.15) is 20.3 Å². The molecule has 1 aromatic carbocycles. The van der Waals surface area contributed by atoms with E-state index in [1.165, 1.54) is 18.2 Å². The van der Waals surface area contributed by atoms with Gasteiger partial charge in [-0.05, 0) is 37.5 Å². The van der Waals surface area contributed by atoms with E-state index in [0.717, 1.165) is 13.0 Å². The van der Waals surface area contributed by atoms with Crippen LogP contribution in [0.15, 0.2) is 23.1 Å². The lowest BCUT2D eigenvalue weighted by molar-refractivity contribution is 0.111. The smallest absolute Gasteiger partial charge is 0.242 e. The number of aliphatic hydroxyl groups excluding tert-OH is 1. The van der Waals surface area contributed by atoms with E-state index < -0.39 is 16.1 Å². The highest BCUT2D eigenvalue weighted by Crippen LogP contribution is 2.25. The van der Waals surface area contributed by atoms with Gasteiger partial charge in [0.1, 0.15) is 4.90 Å². The fraction of sp³-hybridized carbons (Fsp3) is 0.600. The number of hydrogen-bond acceptors (Lipinski definition) is 4. The van der Waals surface area contributed by atoms with Crippen molar-refractivity contribution >= 4 is 33.2 Å². The third-order valence-electron chi connectivity index (χ3n) is 4.05. The number of nitrogens with one attached hydrogen (secondary N) is 1. The number of likely N-dealkylation sites (tertiary alicyclic amines) is 1. The first-order valence-corrected chi connectivity index (χ1v) is 9.80. The van der Waals surface area contributed by atoms with E-state index in [1.807, 2.05) is 0 Å². The standard InChI is InChI=1S/C15H22Cl2N2O3S/c1-10-5-11(2)19(8-10)9-13(20)7-18-23(21,22)15-6-12(16)3-4-14(15)17/h3-4,6,10-11,13,18,20H,5,7-9H2,1-2H3. The minimum Gasteiger partial charge on any atom is -0.390 e. The molecule has 1 saturated heterocycles. The summed E-state index contributed by atoms with van der Waals surface area (Å²) in [6.45, 7) is 5.59. The van der Waals surface area contributed by atoms with Crippen LogP contribution in [0.5, 0.6) is 0 Å². The van der Waals surface area contributed by atoms with E-state index in [4.69, 9.17) is 23.2 Å². The molecule has 0 aliphatic carbocycles. The van der Waals surface area contributed by atoms with Crippen molar-refractivity contribution in [2.24, 2.45) is 5.92 Å². The lowest BCUT2D eigenvalue weighted by Gasteiger charge is -2.24. The summed E-state index contributed by atoms with van der Waals surface area (Å²) in [7, 11) is -3.81. The maximum Gasteiger partial charge on any atom is 0.242 e. The Morgan fingerprint density at radius 1 is 1.39 bits per heavy atom. The van der Waals surface area contributed by atoms with Crippen molar-refractivity contribution in [2.45, 2.75) is 37.3 Å². The zero-order valence-corrected chi connectivity index (χ0v) is 15.5. The molecular formula is C15H22Cl2N2O3S. The molecule has 23 heavy (non-hydrogen) atoms. The molecule has 3 unspecified atom stereocenters. The molecule has 1 aromatic rings. The molecule has 1 aliphatic heterocycles. The average molecular weight is 381 g/mol. The quantitative estimate of drug-likeness (QED) is 0.794. The molecule has 2 N–H and O–H groups in total. The molecule has 1 fully saturated rings. The Hall–Kier alpha value is -0.370. The second kappa shape index (κ2) is 7.68. The van der Waals surface area contributed by atoms with Crippen LogP contribution in [0.4, 0.5) is 0 Å². The molecule has 2 rings (SSSR count). The highest BCUT2D eigenvalue weighted by atomic mass is 35.5. The Morgan fingerprint density at radius 3 is 2.70 bits per heavy atom. The third-order valence-corrected chi connectivity index (χ3v) is 6.19. The zero-order chi connectivity index (χ0) is 17.2. The lowest BCUT2D eigenvalue weighted by Crippen LogP contribution is -2.41. The summed E-state index contributed by atoms with van der Waals surface area (Å²) >= 11 is 11.7. The van der Waals surface area contributed by atoms with Gasteiger partial charge in [-0.2, -0.15) is 0 Å². The van der Waals surface area contributed by atoms with Crippen molar-refractivity contribution < 1.29 is 13.5 Å². The molecule has 1 aliphatic rings. The predicted molar refractivity (Wildman–Crippen MR) is 92.5 cm³/mol. The summed E-state index contributed by atoms with van der Waals surface area (Å²) in [6, 6.07) is 4.65. The van der Waals surface area contributed by atoms with Crippen molar-refractivity contribution in [3.63, 3.8) is 0 Å². The van der Waals surface area contributed by atoms with Gasteiger partial charge < -0.3 is 5.11 Å². The monoisotopic (exact) mass is 380 g/mol. The second-order valence-electron chi connectivity index (χ2n) is 6.22. The van der Waals surface area contributed by atoms with E-state index in [0.29, 0.717) is 18.5 Å². The maximum absolute atomic E-state index is 12.3. The molecule has 5 nitrogen and oxygen atoms in total. The molecule has 130 valence electrons. The number of nitrogens with zero attached hydrogens (tertiary/aromatic N) is 1. The molecule has 0 spiro atoms. The first kappa shape index (κ1) is 19.0. The SMILES string of the molecule is CC1CC(C)N(CC(O)CNS(=O)(=O)c2cc(Cl)ccc2Cl)C1. The third kappa shape index (κ3) is 5.05. The number of benzene rings is 1. The molecule has 3 atom stereocenters. The first-order chi connectivity index (χ1) is 10.7. The molecular weight excluding hydrogens is 359 g/mol. The Bertz CT molecular complexity index is 654. The number of hydrogen-bond donors (Lipinski definition) is 2. The van der Waals surface area contributed by atoms with Gasteiger partial charge in [0.15, 0.2) is 0 Å². The summed E-state index contributed by atoms with van der Waals surface area (Å²) < 4.78 is 27.0. The van der Waals surface area contributed by atoms with Crippen LogP contribution >= 0.6 is 23.2 Å². The van der Waals surface area contributed by atoms with E-state index in [-0.39, 0.29) is 21.5 Å². The number of rotatable bonds is 6. The van der Waals surface area contributed by atoms with Crippen LogP contribution in [0.3, 0.4) is 0 Å². The van der Waals surface area contributed by atoms with Crippen LogP contribution in [-0.2, 0) is 10.0 Å². The summed E-state index contributed by atoms with van der Waals surface area (Å²) in [6.07, 6.45) is 0.312. The Labute approximate surface area is 147 Å². The largest absolute Gasteiger partial charge is 0.390 e. The molecule has 0 amide bonds. The molecule has 0 radical (unpaired) electrons. The summed E-state index contributed by atoms with van der Waals surface area (Å²) in [5, 5.41) is 10.5. The number of β-amino-alcohol motifs (C(OH)–C–C–N with tert-alkyl or cyclic N) is 1. The fourth-order valence-electron chi connectivity index (χ4n) is 2.94. The van der Waals surface area contributed by atoms with Gasteiger partial charge in [-0.15, -0.1) is 0 Å². The Balaban J connectivity index is 1.95. The van der Waals surface area contributed by atoms with Crippen LogP contribution in [-0.4, -0.2) is 50.2 Å². The van der Waals surface area contributed by atoms with Crippen molar-refractivity contribution in [2.75, 3.05) is 19.6 Å². The van der Waals surface area contributed by atoms with Crippen LogP contribution in [0.25, 0.3) is 0 Å². The number of halogens is 2. The predicted octanol–water partition coefficient (Wildman–Crippen LogP) is 2.36. The number of aliphatic hydroxyl groups is 1. The minimum absolute atomic E-state index is 0.0667. The van der Waals surface area contributed by atoms with E-state index in [2.05, 4.69) is 23.5 Å². The normalized spacial score (nSPS) is 24.0. The number of sulfonamides is 1. The van der Waals surface area contributed by atoms with Crippen molar-refractivity contribution in [3.05, 3.63) is 28.2 Å². The molecule has 8 heteroatoms. The fourth-order valence-corrected chi connectivity index (χ4v) is 4.78. The first-order valence-electron chi connectivity index (χ1n) is 7.56. The minimum atomic E-state index is -3.81. The maximum atomic E-state index is 12.3. The topological polar surface area (TPSA) is 69.6 Å². The van der Waals surface area contributed by atoms with Gasteiger partial charge >= 0.3 is 0 Å². The Morgan fingerprint density at radius 2 is 2.09 bits per heavy atom. The molecule has 1 heterocycles. The lowest BCUT2D eigenvalue weighted by atomic mass is 10.1. The van der Waals surface area contributed by atoms with Gasteiger partial charge in [0.2, 0.25) is 10.0 Å². The van der Waals surface area contributed by atoms with Gasteiger partial charge in [0.05, 0.1) is 11.1 Å². The Kier molecular flexibility index (Phi) is 6.33. The van der Waals surface area contributed by atoms with Gasteiger partial charge in [0.25, 0.3) is 0 Å². The van der Waals surface area contributed by atoms with Gasteiger partial charge in [-0.25, -0.2) is 13.1 Å². The highest BCUT2D eigenvalue weighted by molar-refractivity contribution is 7.89. The van der Waals surface area contributed by atoms with E-state index in [1.54, 1.807) is 0 Å². The van der Waals surface area contributed by atoms with Crippen LogP contribution in [0, 0.1) is 5.92 Å². The van der Waals surface area contributed by atoms with Crippen molar-refractivity contribution in [1.82, 2.24) is 9.62 Å². The summed E-state index contributed by atoms with van der Waals surface area (Å²) in [5.41, 5.74) is 0. The van der Waals surface area contributed by atoms with Crippen molar-refractivity contribution in [1.29, 1.82) is 0 Å².